The fourth-order valence-corrected chi connectivity index (χ4v) is 4.29. The summed E-state index contributed by atoms with van der Waals surface area (Å²) < 4.78 is 33.9. The van der Waals surface area contributed by atoms with Gasteiger partial charge in [0.2, 0.25) is 0 Å². The number of nitrogens with zero attached hydrogens (tertiary/aromatic N) is 3. The average molecular weight is 572 g/mol. The van der Waals surface area contributed by atoms with Gasteiger partial charge in [-0.25, -0.2) is 18.7 Å². The molecule has 0 N–H and O–H groups in total. The molecule has 0 spiro atoms. The van der Waals surface area contributed by atoms with E-state index in [1.807, 2.05) is 18.2 Å². The lowest BCUT2D eigenvalue weighted by atomic mass is 10.2. The number of anilines is 1. The Balaban J connectivity index is 0.000000158. The van der Waals surface area contributed by atoms with E-state index in [2.05, 4.69) is 46.7 Å². The monoisotopic (exact) mass is 569 g/mol. The first-order chi connectivity index (χ1) is 14.9. The van der Waals surface area contributed by atoms with Gasteiger partial charge in [0.25, 0.3) is 0 Å². The van der Waals surface area contributed by atoms with Crippen LogP contribution in [0.25, 0.3) is 21.8 Å². The van der Waals surface area contributed by atoms with Crippen LogP contribution in [0.3, 0.4) is 0 Å². The van der Waals surface area contributed by atoms with Crippen molar-refractivity contribution in [2.45, 2.75) is 0 Å². The molecule has 3 heterocycles. The first-order valence-electron chi connectivity index (χ1n) is 9.40. The van der Waals surface area contributed by atoms with Crippen LogP contribution in [-0.4, -0.2) is 36.3 Å². The zero-order chi connectivity index (χ0) is 22.0. The molecule has 0 amide bonds. The molecule has 5 rings (SSSR count). The molecule has 0 radical (unpaired) electrons. The van der Waals surface area contributed by atoms with Gasteiger partial charge in [0.15, 0.2) is 11.6 Å². The van der Waals surface area contributed by atoms with Gasteiger partial charge in [-0.1, -0.05) is 43.5 Å². The van der Waals surface area contributed by atoms with E-state index in [4.69, 9.17) is 16.3 Å². The number of aromatic nitrogens is 2. The highest BCUT2D eigenvalue weighted by molar-refractivity contribution is 9.10. The van der Waals surface area contributed by atoms with Gasteiger partial charge in [0, 0.05) is 32.8 Å². The summed E-state index contributed by atoms with van der Waals surface area (Å²) in [6.45, 7) is 3.00. The van der Waals surface area contributed by atoms with Crippen LogP contribution in [0.4, 0.5) is 14.6 Å². The second kappa shape index (κ2) is 9.73. The van der Waals surface area contributed by atoms with Crippen LogP contribution in [0.2, 0.25) is 5.15 Å². The lowest BCUT2D eigenvalue weighted by molar-refractivity contribution is 0.122. The van der Waals surface area contributed by atoms with E-state index in [1.165, 1.54) is 12.1 Å². The van der Waals surface area contributed by atoms with Crippen LogP contribution in [0.15, 0.2) is 57.5 Å². The summed E-state index contributed by atoms with van der Waals surface area (Å²) in [5, 5.41) is 1.84. The van der Waals surface area contributed by atoms with Gasteiger partial charge in [-0.3, -0.25) is 0 Å². The van der Waals surface area contributed by atoms with Crippen LogP contribution in [0.5, 0.6) is 0 Å². The molecule has 0 bridgehead atoms. The summed E-state index contributed by atoms with van der Waals surface area (Å²) in [5.41, 5.74) is 0.720. The molecule has 2 aromatic heterocycles. The minimum atomic E-state index is -0.369. The van der Waals surface area contributed by atoms with Crippen molar-refractivity contribution < 1.29 is 13.5 Å². The molecule has 0 saturated carbocycles. The summed E-state index contributed by atoms with van der Waals surface area (Å²) in [6, 6.07) is 13.7. The number of halogens is 5. The molecule has 9 heteroatoms. The highest BCUT2D eigenvalue weighted by Gasteiger charge is 2.14. The second-order valence-corrected chi connectivity index (χ2v) is 9.04. The minimum Gasteiger partial charge on any atom is -0.378 e. The van der Waals surface area contributed by atoms with E-state index in [1.54, 1.807) is 18.2 Å². The van der Waals surface area contributed by atoms with E-state index < -0.39 is 0 Å². The highest BCUT2D eigenvalue weighted by atomic mass is 79.9. The van der Waals surface area contributed by atoms with Gasteiger partial charge in [-0.05, 0) is 48.5 Å². The third-order valence-electron chi connectivity index (χ3n) is 4.71. The largest absolute Gasteiger partial charge is 0.378 e. The van der Waals surface area contributed by atoms with Crippen molar-refractivity contribution >= 4 is 71.1 Å². The smallest absolute Gasteiger partial charge is 0.150 e. The van der Waals surface area contributed by atoms with E-state index in [-0.39, 0.29) is 11.6 Å². The van der Waals surface area contributed by atoms with Crippen molar-refractivity contribution in [2.24, 2.45) is 0 Å². The van der Waals surface area contributed by atoms with E-state index in [0.717, 1.165) is 34.2 Å². The SMILES string of the molecule is Fc1cc(Br)cc2ccc(Cl)nc12.Fc1cc(Br)cc2ccc(N3CCOCC3)nc12. The number of pyridine rings is 2. The molecule has 1 aliphatic rings. The molecular formula is C22H16Br2ClF2N3O. The van der Waals surface area contributed by atoms with Crippen LogP contribution >= 0.6 is 43.5 Å². The van der Waals surface area contributed by atoms with Gasteiger partial charge in [-0.2, -0.15) is 0 Å². The number of hydrogen-bond acceptors (Lipinski definition) is 4. The minimum absolute atomic E-state index is 0.297. The Morgan fingerprint density at radius 1 is 0.806 bits per heavy atom. The standard InChI is InChI=1S/C13H12BrFN2O.C9H4BrClFN/c14-10-7-9-1-2-12(16-13(9)11(15)8-10)17-3-5-18-6-4-17;10-6-3-5-1-2-8(11)13-9(5)7(12)4-6/h1-2,7-8H,3-6H2;1-4H. The van der Waals surface area contributed by atoms with Crippen molar-refractivity contribution in [3.63, 3.8) is 0 Å². The van der Waals surface area contributed by atoms with Crippen molar-refractivity contribution in [2.75, 3.05) is 31.2 Å². The number of benzene rings is 2. The van der Waals surface area contributed by atoms with Gasteiger partial charge in [-0.15, -0.1) is 0 Å². The molecule has 1 fully saturated rings. The molecule has 4 nitrogen and oxygen atoms in total. The maximum atomic E-state index is 13.9. The highest BCUT2D eigenvalue weighted by Crippen LogP contribution is 2.25. The molecule has 1 saturated heterocycles. The number of fused-ring (bicyclic) bond motifs is 2. The Morgan fingerprint density at radius 2 is 1.35 bits per heavy atom. The van der Waals surface area contributed by atoms with Gasteiger partial charge in [0.05, 0.1) is 13.2 Å². The zero-order valence-corrected chi connectivity index (χ0v) is 20.0. The molecule has 31 heavy (non-hydrogen) atoms. The Hall–Kier alpha value is -1.87. The maximum absolute atomic E-state index is 13.9. The maximum Gasteiger partial charge on any atom is 0.150 e. The first-order valence-corrected chi connectivity index (χ1v) is 11.4. The van der Waals surface area contributed by atoms with Crippen LogP contribution in [-0.2, 0) is 4.74 Å². The lowest BCUT2D eigenvalue weighted by Crippen LogP contribution is -2.36. The van der Waals surface area contributed by atoms with E-state index >= 15 is 0 Å². The number of rotatable bonds is 1. The quantitative estimate of drug-likeness (QED) is 0.237. The van der Waals surface area contributed by atoms with E-state index in [9.17, 15) is 8.78 Å². The predicted molar refractivity (Wildman–Crippen MR) is 127 cm³/mol. The van der Waals surface area contributed by atoms with E-state index in [0.29, 0.717) is 33.9 Å². The number of ether oxygens (including phenoxy) is 1. The van der Waals surface area contributed by atoms with Crippen LogP contribution in [0, 0.1) is 11.6 Å². The fraction of sp³-hybridized carbons (Fsp3) is 0.182. The molecule has 1 aliphatic heterocycles. The lowest BCUT2D eigenvalue weighted by Gasteiger charge is -2.27. The Bertz CT molecular complexity index is 1250. The van der Waals surface area contributed by atoms with Crippen LogP contribution in [0.1, 0.15) is 0 Å². The summed E-state index contributed by atoms with van der Waals surface area (Å²) in [7, 11) is 0. The van der Waals surface area contributed by atoms with Crippen molar-refractivity contribution in [3.05, 3.63) is 74.3 Å². The molecule has 2 aromatic carbocycles. The number of morpholine rings is 1. The molecule has 0 unspecified atom stereocenters. The van der Waals surface area contributed by atoms with Gasteiger partial charge in [0.1, 0.15) is 22.0 Å². The topological polar surface area (TPSA) is 38.2 Å². The summed E-state index contributed by atoms with van der Waals surface area (Å²) in [5.74, 6) is 0.147. The Labute approximate surface area is 199 Å². The van der Waals surface area contributed by atoms with Crippen molar-refractivity contribution in [1.29, 1.82) is 0 Å². The molecule has 4 aromatic rings. The predicted octanol–water partition coefficient (Wildman–Crippen LogP) is 6.76. The average Bonchev–Trinajstić information content (AvgIpc) is 2.75. The fourth-order valence-electron chi connectivity index (χ4n) is 3.25. The van der Waals surface area contributed by atoms with Crippen molar-refractivity contribution in [3.8, 4) is 0 Å². The van der Waals surface area contributed by atoms with Gasteiger partial charge < -0.3 is 9.64 Å². The first kappa shape index (κ1) is 22.3. The Morgan fingerprint density at radius 3 is 1.97 bits per heavy atom. The van der Waals surface area contributed by atoms with Crippen molar-refractivity contribution in [1.82, 2.24) is 9.97 Å². The third kappa shape index (κ3) is 5.31. The molecule has 0 atom stereocenters. The van der Waals surface area contributed by atoms with Gasteiger partial charge >= 0.3 is 0 Å². The summed E-state index contributed by atoms with van der Waals surface area (Å²) in [6.07, 6.45) is 0. The number of hydrogen-bond donors (Lipinski definition) is 0. The summed E-state index contributed by atoms with van der Waals surface area (Å²) in [4.78, 5) is 10.4. The molecule has 160 valence electrons. The normalized spacial score (nSPS) is 13.9. The van der Waals surface area contributed by atoms with Crippen LogP contribution < -0.4 is 4.90 Å². The molecular weight excluding hydrogens is 556 g/mol. The third-order valence-corrected chi connectivity index (χ3v) is 5.83. The summed E-state index contributed by atoms with van der Waals surface area (Å²) >= 11 is 12.1. The zero-order valence-electron chi connectivity index (χ0n) is 16.1. The second-order valence-electron chi connectivity index (χ2n) is 6.82. The molecule has 0 aliphatic carbocycles. The Kier molecular flexibility index (Phi) is 7.01.